The minimum Gasteiger partial charge on any atom is -0.481 e. The molecule has 1 N–H and O–H groups in total. The maximum atomic E-state index is 11.1. The summed E-state index contributed by atoms with van der Waals surface area (Å²) >= 11 is 0. The van der Waals surface area contributed by atoms with E-state index in [2.05, 4.69) is 13.5 Å². The molecule has 0 aromatic carbocycles. The van der Waals surface area contributed by atoms with Crippen LogP contribution in [0.15, 0.2) is 12.7 Å². The van der Waals surface area contributed by atoms with Gasteiger partial charge in [-0.05, 0) is 19.8 Å². The Morgan fingerprint density at radius 3 is 2.24 bits per heavy atom. The number of allylic oxidation sites excluding steroid dienone is 1. The maximum Gasteiger partial charge on any atom is 0.309 e. The standard InChI is InChI=1S/C14H26O2.H2S/c1-4-6-7-8-9-10-12-14(3,11-5-2)13(15)16;/h5H,2,4,6-12H2,1,3H3,(H,15,16);1H2. The van der Waals surface area contributed by atoms with Crippen LogP contribution >= 0.6 is 13.5 Å². The highest BCUT2D eigenvalue weighted by molar-refractivity contribution is 7.59. The van der Waals surface area contributed by atoms with Crippen LogP contribution in [0.1, 0.15) is 65.2 Å². The molecule has 0 spiro atoms. The van der Waals surface area contributed by atoms with Crippen LogP contribution in [-0.4, -0.2) is 11.1 Å². The average Bonchev–Trinajstić information content (AvgIpc) is 2.23. The maximum absolute atomic E-state index is 11.1. The van der Waals surface area contributed by atoms with E-state index in [4.69, 9.17) is 5.11 Å². The summed E-state index contributed by atoms with van der Waals surface area (Å²) in [6.45, 7) is 7.66. The Morgan fingerprint density at radius 2 is 1.76 bits per heavy atom. The molecule has 2 nitrogen and oxygen atoms in total. The monoisotopic (exact) mass is 260 g/mol. The Morgan fingerprint density at radius 1 is 1.24 bits per heavy atom. The van der Waals surface area contributed by atoms with Crippen molar-refractivity contribution in [3.8, 4) is 0 Å². The lowest BCUT2D eigenvalue weighted by molar-refractivity contribution is -0.148. The van der Waals surface area contributed by atoms with Crippen molar-refractivity contribution in [2.45, 2.75) is 65.2 Å². The second-order valence-corrected chi connectivity index (χ2v) is 4.88. The summed E-state index contributed by atoms with van der Waals surface area (Å²) in [5.41, 5.74) is -0.605. The van der Waals surface area contributed by atoms with Gasteiger partial charge >= 0.3 is 5.97 Å². The molecule has 0 heterocycles. The van der Waals surface area contributed by atoms with Gasteiger partial charge in [-0.25, -0.2) is 0 Å². The van der Waals surface area contributed by atoms with Crippen LogP contribution in [0, 0.1) is 5.41 Å². The molecule has 1 atom stereocenters. The van der Waals surface area contributed by atoms with E-state index >= 15 is 0 Å². The smallest absolute Gasteiger partial charge is 0.309 e. The number of aliphatic carboxylic acids is 1. The first kappa shape index (κ1) is 18.9. The van der Waals surface area contributed by atoms with E-state index in [-0.39, 0.29) is 13.5 Å². The van der Waals surface area contributed by atoms with Crippen molar-refractivity contribution in [3.05, 3.63) is 12.7 Å². The fourth-order valence-corrected chi connectivity index (χ4v) is 1.91. The molecule has 0 bridgehead atoms. The van der Waals surface area contributed by atoms with Gasteiger partial charge in [-0.2, -0.15) is 13.5 Å². The number of hydrogen-bond donors (Lipinski definition) is 1. The molecule has 3 heteroatoms. The first-order valence-corrected chi connectivity index (χ1v) is 6.41. The van der Waals surface area contributed by atoms with Crippen molar-refractivity contribution in [2.24, 2.45) is 5.41 Å². The van der Waals surface area contributed by atoms with Gasteiger partial charge in [0.1, 0.15) is 0 Å². The van der Waals surface area contributed by atoms with E-state index in [1.807, 2.05) is 6.92 Å². The number of rotatable bonds is 10. The number of hydrogen-bond acceptors (Lipinski definition) is 1. The number of carbonyl (C=O) groups is 1. The van der Waals surface area contributed by atoms with E-state index in [0.29, 0.717) is 6.42 Å². The molecule has 0 rings (SSSR count). The van der Waals surface area contributed by atoms with Gasteiger partial charge < -0.3 is 5.11 Å². The molecule has 0 radical (unpaired) electrons. The lowest BCUT2D eigenvalue weighted by Crippen LogP contribution is -2.26. The SMILES string of the molecule is C=CCC(C)(CCCCCCCC)C(=O)O.S. The van der Waals surface area contributed by atoms with Crippen LogP contribution < -0.4 is 0 Å². The highest BCUT2D eigenvalue weighted by Gasteiger charge is 2.30. The number of carboxylic acid groups (broad SMARTS) is 1. The van der Waals surface area contributed by atoms with Crippen LogP contribution in [0.25, 0.3) is 0 Å². The molecular formula is C14H28O2S. The lowest BCUT2D eigenvalue weighted by Gasteiger charge is -2.22. The van der Waals surface area contributed by atoms with E-state index in [0.717, 1.165) is 19.3 Å². The molecule has 0 saturated carbocycles. The number of carboxylic acids is 1. The Labute approximate surface area is 113 Å². The van der Waals surface area contributed by atoms with Crippen LogP contribution in [-0.2, 0) is 4.79 Å². The molecule has 0 aliphatic rings. The molecular weight excluding hydrogens is 232 g/mol. The zero-order valence-electron chi connectivity index (χ0n) is 11.3. The first-order chi connectivity index (χ1) is 7.56. The van der Waals surface area contributed by atoms with Crippen LogP contribution in [0.2, 0.25) is 0 Å². The van der Waals surface area contributed by atoms with Gasteiger partial charge in [0.25, 0.3) is 0 Å². The van der Waals surface area contributed by atoms with Gasteiger partial charge in [-0.1, -0.05) is 51.5 Å². The van der Waals surface area contributed by atoms with Gasteiger partial charge in [0, 0.05) is 0 Å². The zero-order chi connectivity index (χ0) is 12.4. The summed E-state index contributed by atoms with van der Waals surface area (Å²) in [5.74, 6) is -0.694. The highest BCUT2D eigenvalue weighted by atomic mass is 32.1. The first-order valence-electron chi connectivity index (χ1n) is 6.41. The minimum atomic E-state index is -0.694. The molecule has 0 saturated heterocycles. The second-order valence-electron chi connectivity index (χ2n) is 4.88. The number of unbranched alkanes of at least 4 members (excludes halogenated alkanes) is 5. The molecule has 0 fully saturated rings. The average molecular weight is 260 g/mol. The minimum absolute atomic E-state index is 0. The summed E-state index contributed by atoms with van der Waals surface area (Å²) in [5, 5.41) is 9.16. The van der Waals surface area contributed by atoms with Crippen molar-refractivity contribution in [1.82, 2.24) is 0 Å². The van der Waals surface area contributed by atoms with Crippen LogP contribution in [0.5, 0.6) is 0 Å². The third kappa shape index (κ3) is 8.31. The Bertz CT molecular complexity index is 216. The topological polar surface area (TPSA) is 37.3 Å². The van der Waals surface area contributed by atoms with Crippen molar-refractivity contribution in [3.63, 3.8) is 0 Å². The van der Waals surface area contributed by atoms with Crippen molar-refractivity contribution >= 4 is 19.5 Å². The fourth-order valence-electron chi connectivity index (χ4n) is 1.91. The van der Waals surface area contributed by atoms with Gasteiger partial charge in [0.15, 0.2) is 0 Å². The molecule has 17 heavy (non-hydrogen) atoms. The fraction of sp³-hybridized carbons (Fsp3) is 0.786. The quantitative estimate of drug-likeness (QED) is 0.463. The molecule has 102 valence electrons. The summed E-state index contributed by atoms with van der Waals surface area (Å²) in [4.78, 5) is 11.1. The molecule has 0 aliphatic carbocycles. The predicted molar refractivity (Wildman–Crippen MR) is 78.9 cm³/mol. The third-order valence-electron chi connectivity index (χ3n) is 3.19. The predicted octanol–water partition coefficient (Wildman–Crippen LogP) is 4.52. The zero-order valence-corrected chi connectivity index (χ0v) is 12.3. The van der Waals surface area contributed by atoms with E-state index in [9.17, 15) is 4.79 Å². The van der Waals surface area contributed by atoms with Crippen molar-refractivity contribution < 1.29 is 9.90 Å². The van der Waals surface area contributed by atoms with Gasteiger partial charge in [-0.3, -0.25) is 4.79 Å². The van der Waals surface area contributed by atoms with Crippen molar-refractivity contribution in [1.29, 1.82) is 0 Å². The van der Waals surface area contributed by atoms with Crippen LogP contribution in [0.4, 0.5) is 0 Å². The second kappa shape index (κ2) is 10.7. The summed E-state index contributed by atoms with van der Waals surface area (Å²) in [7, 11) is 0. The lowest BCUT2D eigenvalue weighted by atomic mass is 9.81. The largest absolute Gasteiger partial charge is 0.481 e. The van der Waals surface area contributed by atoms with E-state index in [1.54, 1.807) is 6.08 Å². The third-order valence-corrected chi connectivity index (χ3v) is 3.19. The normalized spacial score (nSPS) is 13.5. The van der Waals surface area contributed by atoms with Crippen molar-refractivity contribution in [2.75, 3.05) is 0 Å². The summed E-state index contributed by atoms with van der Waals surface area (Å²) < 4.78 is 0. The molecule has 0 aromatic rings. The molecule has 1 unspecified atom stereocenters. The van der Waals surface area contributed by atoms with E-state index in [1.165, 1.54) is 25.7 Å². The molecule has 0 aliphatic heterocycles. The van der Waals surface area contributed by atoms with E-state index < -0.39 is 11.4 Å². The highest BCUT2D eigenvalue weighted by Crippen LogP contribution is 2.29. The molecule has 0 amide bonds. The Hall–Kier alpha value is -0.440. The van der Waals surface area contributed by atoms with Gasteiger partial charge in [0.05, 0.1) is 5.41 Å². The Kier molecular flexibility index (Phi) is 11.9. The molecule has 0 aromatic heterocycles. The Balaban J connectivity index is 0. The summed E-state index contributed by atoms with van der Waals surface area (Å²) in [6, 6.07) is 0. The van der Waals surface area contributed by atoms with Gasteiger partial charge in [-0.15, -0.1) is 6.58 Å². The van der Waals surface area contributed by atoms with Crippen LogP contribution in [0.3, 0.4) is 0 Å². The summed E-state index contributed by atoms with van der Waals surface area (Å²) in [6.07, 6.45) is 10.3. The van der Waals surface area contributed by atoms with Gasteiger partial charge in [0.2, 0.25) is 0 Å².